The summed E-state index contributed by atoms with van der Waals surface area (Å²) in [4.78, 5) is 43.1. The summed E-state index contributed by atoms with van der Waals surface area (Å²) in [7, 11) is 6.91. The van der Waals surface area contributed by atoms with Gasteiger partial charge in [-0.1, -0.05) is 19.3 Å². The highest BCUT2D eigenvalue weighted by molar-refractivity contribution is 6.24. The molecule has 3 fully saturated rings. The van der Waals surface area contributed by atoms with E-state index >= 15 is 0 Å². The first-order valence-corrected chi connectivity index (χ1v) is 15.7. The molecule has 6 rings (SSSR count). The number of carbonyl (C=O) groups excluding carboxylic acids is 3. The number of aliphatic hydroxyl groups is 3. The Morgan fingerprint density at radius 2 is 1.75 bits per heavy atom. The Balaban J connectivity index is 1.41. The Labute approximate surface area is 257 Å². The summed E-state index contributed by atoms with van der Waals surface area (Å²) in [6.45, 7) is 0.678. The summed E-state index contributed by atoms with van der Waals surface area (Å²) in [6, 6.07) is 0.759. The standard InChI is InChI=1S/C33H44N4O7/c1-36(2)22-13-21(35-14-15-8-9-16-6-5-7-17(16)10-15)27(38)24-19(22)11-18-12-20-26(37(3)4)29(40)25(32(34)43)31(42)33(20,44)30(41)23(18)28(24)39/h13,15-18,20,26,35,38-39,42,44H,5-12,14H2,1-4H3,(H2,34,43)/t15?,16?,17?,18?,20?,26-,33-/m0/s1. The molecule has 3 saturated carbocycles. The van der Waals surface area contributed by atoms with Crippen LogP contribution in [0.5, 0.6) is 5.75 Å². The van der Waals surface area contributed by atoms with E-state index in [4.69, 9.17) is 5.73 Å². The number of phenols is 1. The summed E-state index contributed by atoms with van der Waals surface area (Å²) in [5, 5.41) is 49.7. The highest BCUT2D eigenvalue weighted by atomic mass is 16.3. The molecule has 11 heteroatoms. The lowest BCUT2D eigenvalue weighted by atomic mass is 9.57. The van der Waals surface area contributed by atoms with Crippen molar-refractivity contribution in [2.24, 2.45) is 35.3 Å². The minimum atomic E-state index is -2.65. The molecule has 44 heavy (non-hydrogen) atoms. The summed E-state index contributed by atoms with van der Waals surface area (Å²) in [6.07, 6.45) is 7.76. The van der Waals surface area contributed by atoms with Crippen LogP contribution >= 0.6 is 0 Å². The predicted molar refractivity (Wildman–Crippen MR) is 165 cm³/mol. The van der Waals surface area contributed by atoms with Crippen LogP contribution in [0.2, 0.25) is 0 Å². The molecule has 5 unspecified atom stereocenters. The van der Waals surface area contributed by atoms with Crippen molar-refractivity contribution in [1.29, 1.82) is 0 Å². The highest BCUT2D eigenvalue weighted by Gasteiger charge is 2.64. The maximum absolute atomic E-state index is 14.2. The summed E-state index contributed by atoms with van der Waals surface area (Å²) in [5.74, 6) is -4.40. The lowest BCUT2D eigenvalue weighted by Crippen LogP contribution is -2.65. The first-order chi connectivity index (χ1) is 20.8. The van der Waals surface area contributed by atoms with Crippen LogP contribution < -0.4 is 16.0 Å². The smallest absolute Gasteiger partial charge is 0.255 e. The maximum Gasteiger partial charge on any atom is 0.255 e. The summed E-state index contributed by atoms with van der Waals surface area (Å²) < 4.78 is 0. The van der Waals surface area contributed by atoms with Gasteiger partial charge >= 0.3 is 0 Å². The van der Waals surface area contributed by atoms with Gasteiger partial charge in [0.2, 0.25) is 5.78 Å². The molecule has 5 aliphatic rings. The molecule has 1 amide bonds. The van der Waals surface area contributed by atoms with Crippen molar-refractivity contribution in [2.75, 3.05) is 45.0 Å². The zero-order valence-electron chi connectivity index (χ0n) is 25.9. The van der Waals surface area contributed by atoms with Gasteiger partial charge in [-0.15, -0.1) is 0 Å². The van der Waals surface area contributed by atoms with Crippen molar-refractivity contribution >= 4 is 34.6 Å². The second-order valence-corrected chi connectivity index (χ2v) is 14.0. The second-order valence-electron chi connectivity index (χ2n) is 14.0. The van der Waals surface area contributed by atoms with E-state index in [2.05, 4.69) is 5.32 Å². The lowest BCUT2D eigenvalue weighted by Gasteiger charge is -2.50. The molecule has 0 bridgehead atoms. The number of ketones is 2. The fraction of sp³-hybridized carbons (Fsp3) is 0.606. The number of benzene rings is 1. The van der Waals surface area contributed by atoms with E-state index in [1.807, 2.05) is 25.1 Å². The van der Waals surface area contributed by atoms with Crippen molar-refractivity contribution in [3.8, 4) is 5.75 Å². The third-order valence-corrected chi connectivity index (χ3v) is 11.2. The third-order valence-electron chi connectivity index (χ3n) is 11.2. The first-order valence-electron chi connectivity index (χ1n) is 15.7. The normalized spacial score (nSPS) is 33.1. The topological polar surface area (TPSA) is 177 Å². The van der Waals surface area contributed by atoms with Crippen LogP contribution in [0.25, 0.3) is 5.76 Å². The largest absolute Gasteiger partial charge is 0.508 e. The number of likely N-dealkylation sites (N-methyl/N-ethyl adjacent to an activating group) is 1. The molecule has 0 saturated heterocycles. The number of nitrogens with two attached hydrogens (primary N) is 1. The van der Waals surface area contributed by atoms with Crippen LogP contribution in [-0.2, 0) is 20.8 Å². The number of primary amides is 1. The number of phenolic OH excluding ortho intramolecular Hbond substituents is 1. The van der Waals surface area contributed by atoms with E-state index in [-0.39, 0.29) is 29.7 Å². The number of hydrogen-bond acceptors (Lipinski definition) is 10. The number of amides is 1. The molecule has 1 aromatic rings. The Kier molecular flexibility index (Phi) is 7.48. The van der Waals surface area contributed by atoms with Crippen molar-refractivity contribution in [3.63, 3.8) is 0 Å². The monoisotopic (exact) mass is 608 g/mol. The zero-order chi connectivity index (χ0) is 31.8. The number of fused-ring (bicyclic) bond motifs is 4. The minimum absolute atomic E-state index is 0.0588. The van der Waals surface area contributed by atoms with E-state index in [1.165, 1.54) is 30.6 Å². The van der Waals surface area contributed by atoms with E-state index in [0.29, 0.717) is 23.7 Å². The minimum Gasteiger partial charge on any atom is -0.508 e. The molecule has 5 aliphatic carbocycles. The molecule has 0 heterocycles. The van der Waals surface area contributed by atoms with E-state index in [0.717, 1.165) is 30.4 Å². The molecule has 0 spiro atoms. The third kappa shape index (κ3) is 4.42. The van der Waals surface area contributed by atoms with Gasteiger partial charge in [0.1, 0.15) is 22.8 Å². The predicted octanol–water partition coefficient (Wildman–Crippen LogP) is 2.66. The zero-order valence-corrected chi connectivity index (χ0v) is 25.9. The van der Waals surface area contributed by atoms with Gasteiger partial charge in [-0.2, -0.15) is 0 Å². The molecule has 7 N–H and O–H groups in total. The van der Waals surface area contributed by atoms with E-state index < -0.39 is 58.0 Å². The van der Waals surface area contributed by atoms with Crippen LogP contribution in [0, 0.1) is 29.6 Å². The summed E-state index contributed by atoms with van der Waals surface area (Å²) in [5.41, 5.74) is 3.77. The van der Waals surface area contributed by atoms with Gasteiger partial charge in [0.25, 0.3) is 5.91 Å². The maximum atomic E-state index is 14.2. The van der Waals surface area contributed by atoms with Crippen molar-refractivity contribution < 1.29 is 34.8 Å². The van der Waals surface area contributed by atoms with Crippen molar-refractivity contribution in [1.82, 2.24) is 4.90 Å². The average Bonchev–Trinajstić information content (AvgIpc) is 3.42. The summed E-state index contributed by atoms with van der Waals surface area (Å²) >= 11 is 0. The Morgan fingerprint density at radius 3 is 2.41 bits per heavy atom. The number of hydrogen-bond donors (Lipinski definition) is 6. The van der Waals surface area contributed by atoms with Gasteiger partial charge in [0.15, 0.2) is 11.4 Å². The van der Waals surface area contributed by atoms with Gasteiger partial charge in [0.05, 0.1) is 17.3 Å². The van der Waals surface area contributed by atoms with Crippen LogP contribution in [-0.4, -0.2) is 89.2 Å². The molecular formula is C33H44N4O7. The molecule has 0 aromatic heterocycles. The van der Waals surface area contributed by atoms with Crippen LogP contribution in [0.1, 0.15) is 56.1 Å². The molecule has 238 valence electrons. The van der Waals surface area contributed by atoms with E-state index in [9.17, 15) is 34.8 Å². The van der Waals surface area contributed by atoms with Gasteiger partial charge < -0.3 is 36.4 Å². The molecule has 1 aromatic carbocycles. The number of nitrogens with zero attached hydrogens (tertiary/aromatic N) is 2. The number of nitrogens with one attached hydrogen (secondary N) is 1. The fourth-order valence-electron chi connectivity index (χ4n) is 9.07. The van der Waals surface area contributed by atoms with Crippen LogP contribution in [0.3, 0.4) is 0 Å². The molecule has 0 radical (unpaired) electrons. The van der Waals surface area contributed by atoms with Gasteiger partial charge in [-0.3, -0.25) is 19.3 Å². The molecular weight excluding hydrogens is 564 g/mol. The average molecular weight is 609 g/mol. The van der Waals surface area contributed by atoms with Crippen molar-refractivity contribution in [2.45, 2.75) is 63.0 Å². The van der Waals surface area contributed by atoms with Gasteiger partial charge in [0, 0.05) is 37.8 Å². The number of anilines is 2. The number of Topliss-reactive ketones (excluding diaryl/α,β-unsaturated/α-hetero) is 2. The quantitative estimate of drug-likeness (QED) is 0.208. The number of aromatic hydroxyl groups is 1. The Hall–Kier alpha value is -3.57. The molecule has 7 atom stereocenters. The van der Waals surface area contributed by atoms with Gasteiger partial charge in [-0.25, -0.2) is 0 Å². The lowest BCUT2D eigenvalue weighted by molar-refractivity contribution is -0.153. The molecule has 11 nitrogen and oxygen atoms in total. The highest BCUT2D eigenvalue weighted by Crippen LogP contribution is 2.55. The van der Waals surface area contributed by atoms with E-state index in [1.54, 1.807) is 14.1 Å². The fourth-order valence-corrected chi connectivity index (χ4v) is 9.07. The number of aliphatic hydroxyl groups excluding tert-OH is 2. The van der Waals surface area contributed by atoms with Crippen molar-refractivity contribution in [3.05, 3.63) is 34.1 Å². The Morgan fingerprint density at radius 1 is 1.05 bits per heavy atom. The number of rotatable bonds is 6. The first kappa shape index (κ1) is 30.5. The second kappa shape index (κ2) is 10.8. The van der Waals surface area contributed by atoms with Gasteiger partial charge in [-0.05, 0) is 81.5 Å². The Bertz CT molecular complexity index is 1500. The number of carbonyl (C=O) groups is 3. The molecule has 0 aliphatic heterocycles. The van der Waals surface area contributed by atoms with Crippen LogP contribution in [0.15, 0.2) is 23.0 Å². The van der Waals surface area contributed by atoms with Crippen LogP contribution in [0.4, 0.5) is 11.4 Å². The SMILES string of the molecule is CN(C)c1cc(NCC2CCC3CCCC3C2)c(O)c2c1CC1CC3[C@H](N(C)C)C(=O)C(C(N)=O)=C(O)[C@@]3(O)C(=O)C1=C2O.